The van der Waals surface area contributed by atoms with Crippen LogP contribution in [-0.2, 0) is 24.3 Å². The fraction of sp³-hybridized carbons (Fsp3) is 0.154. The number of carbonyl (C=O) groups excluding carboxylic acids is 1. The van der Waals surface area contributed by atoms with Gasteiger partial charge in [-0.3, -0.25) is 9.59 Å². The molecule has 32 heavy (non-hydrogen) atoms. The van der Waals surface area contributed by atoms with E-state index in [1.807, 2.05) is 47.4 Å². The number of ether oxygens (including phenoxy) is 1. The van der Waals surface area contributed by atoms with E-state index < -0.39 is 0 Å². The lowest BCUT2D eigenvalue weighted by atomic mass is 9.99. The van der Waals surface area contributed by atoms with Gasteiger partial charge >= 0.3 is 0 Å². The third-order valence-corrected chi connectivity index (χ3v) is 6.06. The Balaban J connectivity index is 1.41. The van der Waals surface area contributed by atoms with Crippen molar-refractivity contribution in [3.8, 4) is 16.9 Å². The van der Waals surface area contributed by atoms with Crippen molar-refractivity contribution in [1.29, 1.82) is 0 Å². The van der Waals surface area contributed by atoms with E-state index in [0.717, 1.165) is 26.8 Å². The number of amides is 1. The molecule has 0 atom stereocenters. The van der Waals surface area contributed by atoms with Crippen molar-refractivity contribution in [2.24, 2.45) is 0 Å². The molecule has 0 bridgehead atoms. The third-order valence-electron chi connectivity index (χ3n) is 6.06. The van der Waals surface area contributed by atoms with Gasteiger partial charge in [0, 0.05) is 35.6 Å². The molecule has 2 heterocycles. The first-order valence-corrected chi connectivity index (χ1v) is 10.5. The molecule has 1 amide bonds. The molecule has 5 rings (SSSR count). The largest absolute Gasteiger partial charge is 0.497 e. The Hall–Kier alpha value is -4.06. The Kier molecular flexibility index (Phi) is 4.90. The highest BCUT2D eigenvalue weighted by Gasteiger charge is 2.22. The average Bonchev–Trinajstić information content (AvgIpc) is 3.26. The average molecular weight is 425 g/mol. The minimum absolute atomic E-state index is 0.111. The Morgan fingerprint density at radius 1 is 0.969 bits per heavy atom. The molecule has 6 nitrogen and oxygen atoms in total. The molecule has 0 fully saturated rings. The zero-order chi connectivity index (χ0) is 22.2. The summed E-state index contributed by atoms with van der Waals surface area (Å²) in [5.74, 6) is 6.70. The molecule has 1 aliphatic heterocycles. The maximum absolute atomic E-state index is 12.8. The van der Waals surface area contributed by atoms with Crippen molar-refractivity contribution in [2.75, 3.05) is 13.0 Å². The standard InChI is InChI=1S/C26H23N3O3/c1-32-21-10-11-22-23(13-21)24(16-29(27)26(22)31)18-8-6-17(7-9-18)12-25(30)28-14-19-4-2-3-5-20(19)15-28/h2-11,13,16H,12,14-15,27H2,1H3. The number of hydrogen-bond acceptors (Lipinski definition) is 4. The van der Waals surface area contributed by atoms with Gasteiger partial charge in [0.05, 0.1) is 13.5 Å². The zero-order valence-corrected chi connectivity index (χ0v) is 17.7. The van der Waals surface area contributed by atoms with Crippen molar-refractivity contribution in [2.45, 2.75) is 19.5 Å². The van der Waals surface area contributed by atoms with Crippen molar-refractivity contribution < 1.29 is 9.53 Å². The molecule has 4 aromatic rings. The van der Waals surface area contributed by atoms with E-state index in [9.17, 15) is 9.59 Å². The summed E-state index contributed by atoms with van der Waals surface area (Å²) in [4.78, 5) is 27.2. The van der Waals surface area contributed by atoms with Gasteiger partial charge in [0.1, 0.15) is 5.75 Å². The van der Waals surface area contributed by atoms with Crippen molar-refractivity contribution in [3.63, 3.8) is 0 Å². The second-order valence-electron chi connectivity index (χ2n) is 8.06. The van der Waals surface area contributed by atoms with Crippen LogP contribution in [0.15, 0.2) is 77.7 Å². The number of hydrogen-bond donors (Lipinski definition) is 1. The first-order valence-electron chi connectivity index (χ1n) is 10.5. The minimum Gasteiger partial charge on any atom is -0.497 e. The van der Waals surface area contributed by atoms with E-state index in [-0.39, 0.29) is 11.5 Å². The summed E-state index contributed by atoms with van der Waals surface area (Å²) < 4.78 is 6.44. The summed E-state index contributed by atoms with van der Waals surface area (Å²) in [6.07, 6.45) is 1.98. The van der Waals surface area contributed by atoms with Crippen LogP contribution in [0.5, 0.6) is 5.75 Å². The van der Waals surface area contributed by atoms with E-state index in [1.54, 1.807) is 25.4 Å². The fourth-order valence-corrected chi connectivity index (χ4v) is 4.29. The maximum atomic E-state index is 12.8. The Bertz CT molecular complexity index is 1370. The SMILES string of the molecule is COc1ccc2c(=O)n(N)cc(-c3ccc(CC(=O)N4Cc5ccccc5C4)cc3)c2c1. The van der Waals surface area contributed by atoms with Gasteiger partial charge in [-0.05, 0) is 40.5 Å². The molecule has 0 saturated carbocycles. The molecule has 1 aromatic heterocycles. The lowest BCUT2D eigenvalue weighted by molar-refractivity contribution is -0.131. The predicted octanol–water partition coefficient (Wildman–Crippen LogP) is 3.48. The Morgan fingerprint density at radius 3 is 2.31 bits per heavy atom. The molecule has 160 valence electrons. The molecular formula is C26H23N3O3. The summed E-state index contributed by atoms with van der Waals surface area (Å²) >= 11 is 0. The number of pyridine rings is 1. The van der Waals surface area contributed by atoms with Gasteiger partial charge in [-0.25, -0.2) is 4.68 Å². The number of rotatable bonds is 4. The van der Waals surface area contributed by atoms with Crippen LogP contribution in [0.25, 0.3) is 21.9 Å². The van der Waals surface area contributed by atoms with E-state index >= 15 is 0 Å². The normalized spacial score (nSPS) is 12.7. The molecule has 0 aliphatic carbocycles. The first kappa shape index (κ1) is 19.9. The highest BCUT2D eigenvalue weighted by atomic mass is 16.5. The van der Waals surface area contributed by atoms with Crippen LogP contribution < -0.4 is 16.1 Å². The van der Waals surface area contributed by atoms with Crippen LogP contribution in [0.1, 0.15) is 16.7 Å². The topological polar surface area (TPSA) is 77.6 Å². The van der Waals surface area contributed by atoms with Crippen LogP contribution in [0.4, 0.5) is 0 Å². The number of methoxy groups -OCH3 is 1. The lowest BCUT2D eigenvalue weighted by Crippen LogP contribution is -2.27. The van der Waals surface area contributed by atoms with Crippen LogP contribution in [0, 0.1) is 0 Å². The number of nitrogen functional groups attached to an aromatic ring is 1. The van der Waals surface area contributed by atoms with E-state index in [1.165, 1.54) is 11.1 Å². The number of nitrogens with zero attached hydrogens (tertiary/aromatic N) is 2. The Labute approximate surface area is 185 Å². The van der Waals surface area contributed by atoms with Gasteiger partial charge in [-0.2, -0.15) is 0 Å². The fourth-order valence-electron chi connectivity index (χ4n) is 4.29. The molecule has 0 unspecified atom stereocenters. The van der Waals surface area contributed by atoms with E-state index in [2.05, 4.69) is 12.1 Å². The second kappa shape index (κ2) is 7.89. The quantitative estimate of drug-likeness (QED) is 0.508. The van der Waals surface area contributed by atoms with E-state index in [0.29, 0.717) is 30.6 Å². The first-order chi connectivity index (χ1) is 15.5. The smallest absolute Gasteiger partial charge is 0.276 e. The Morgan fingerprint density at radius 2 is 1.66 bits per heavy atom. The van der Waals surface area contributed by atoms with E-state index in [4.69, 9.17) is 10.6 Å². The minimum atomic E-state index is -0.264. The molecule has 0 radical (unpaired) electrons. The highest BCUT2D eigenvalue weighted by Crippen LogP contribution is 2.30. The number of benzene rings is 3. The molecule has 2 N–H and O–H groups in total. The second-order valence-corrected chi connectivity index (χ2v) is 8.06. The predicted molar refractivity (Wildman–Crippen MR) is 125 cm³/mol. The van der Waals surface area contributed by atoms with Crippen molar-refractivity contribution in [3.05, 3.63) is 100.0 Å². The van der Waals surface area contributed by atoms with Gasteiger partial charge in [0.25, 0.3) is 5.56 Å². The summed E-state index contributed by atoms with van der Waals surface area (Å²) in [6, 6.07) is 21.3. The lowest BCUT2D eigenvalue weighted by Gasteiger charge is -2.16. The highest BCUT2D eigenvalue weighted by molar-refractivity contribution is 5.96. The molecule has 3 aromatic carbocycles. The van der Waals surface area contributed by atoms with Crippen LogP contribution >= 0.6 is 0 Å². The van der Waals surface area contributed by atoms with Gasteiger partial charge in [0.2, 0.25) is 5.91 Å². The van der Waals surface area contributed by atoms with Gasteiger partial charge in [0.15, 0.2) is 0 Å². The number of nitrogens with two attached hydrogens (primary N) is 1. The van der Waals surface area contributed by atoms with Crippen LogP contribution in [0.3, 0.4) is 0 Å². The third kappa shape index (κ3) is 3.50. The summed E-state index contributed by atoms with van der Waals surface area (Å²) in [7, 11) is 1.59. The summed E-state index contributed by atoms with van der Waals surface area (Å²) in [6.45, 7) is 1.33. The molecular weight excluding hydrogens is 402 g/mol. The molecule has 0 saturated heterocycles. The van der Waals surface area contributed by atoms with Crippen LogP contribution in [-0.4, -0.2) is 22.6 Å². The van der Waals surface area contributed by atoms with Gasteiger partial charge in [-0.15, -0.1) is 0 Å². The molecule has 6 heteroatoms. The number of aromatic nitrogens is 1. The zero-order valence-electron chi connectivity index (χ0n) is 17.7. The van der Waals surface area contributed by atoms with Gasteiger partial charge in [-0.1, -0.05) is 48.5 Å². The number of carbonyl (C=O) groups is 1. The molecule has 1 aliphatic rings. The summed E-state index contributed by atoms with van der Waals surface area (Å²) in [5.41, 5.74) is 4.85. The van der Waals surface area contributed by atoms with Crippen LogP contribution in [0.2, 0.25) is 0 Å². The maximum Gasteiger partial charge on any atom is 0.276 e. The van der Waals surface area contributed by atoms with Gasteiger partial charge < -0.3 is 15.5 Å². The number of fused-ring (bicyclic) bond motifs is 2. The molecule has 0 spiro atoms. The monoisotopic (exact) mass is 425 g/mol. The summed E-state index contributed by atoms with van der Waals surface area (Å²) in [5, 5.41) is 1.30. The van der Waals surface area contributed by atoms with Crippen molar-refractivity contribution in [1.82, 2.24) is 9.58 Å². The van der Waals surface area contributed by atoms with Crippen molar-refractivity contribution >= 4 is 16.7 Å².